The molecule has 0 bridgehead atoms. The first-order chi connectivity index (χ1) is 10.4. The van der Waals surface area contributed by atoms with Crippen LogP contribution in [-0.2, 0) is 16.3 Å². The van der Waals surface area contributed by atoms with E-state index in [1.165, 1.54) is 6.26 Å². The molecule has 1 fully saturated rings. The molecule has 0 atom stereocenters. The van der Waals surface area contributed by atoms with E-state index in [1.54, 1.807) is 11.3 Å². The van der Waals surface area contributed by atoms with Crippen LogP contribution in [0.2, 0.25) is 0 Å². The Morgan fingerprint density at radius 3 is 2.59 bits per heavy atom. The van der Waals surface area contributed by atoms with Crippen LogP contribution in [0.15, 0.2) is 5.38 Å². The van der Waals surface area contributed by atoms with Crippen LogP contribution in [0.1, 0.15) is 28.8 Å². The van der Waals surface area contributed by atoms with Crippen molar-refractivity contribution in [2.45, 2.75) is 19.8 Å². The lowest BCUT2D eigenvalue weighted by molar-refractivity contribution is 0.0639. The van der Waals surface area contributed by atoms with Gasteiger partial charge >= 0.3 is 0 Å². The van der Waals surface area contributed by atoms with Gasteiger partial charge < -0.3 is 4.90 Å². The number of piperazine rings is 1. The quantitative estimate of drug-likeness (QED) is 0.766. The second-order valence-electron chi connectivity index (χ2n) is 5.64. The second-order valence-corrected chi connectivity index (χ2v) is 8.84. The summed E-state index contributed by atoms with van der Waals surface area (Å²) < 4.78 is 22.4. The van der Waals surface area contributed by atoms with Gasteiger partial charge in [-0.05, 0) is 12.8 Å². The fraction of sp³-hybridized carbons (Fsp3) is 0.714. The molecule has 1 amide bonds. The van der Waals surface area contributed by atoms with Crippen molar-refractivity contribution in [3.8, 4) is 0 Å². The molecule has 1 saturated heterocycles. The first kappa shape index (κ1) is 17.4. The number of rotatable bonds is 6. The van der Waals surface area contributed by atoms with Crippen molar-refractivity contribution in [2.75, 3.05) is 44.7 Å². The molecule has 1 aliphatic rings. The average molecular weight is 345 g/mol. The first-order valence-electron chi connectivity index (χ1n) is 7.53. The van der Waals surface area contributed by atoms with Gasteiger partial charge in [-0.1, -0.05) is 6.92 Å². The van der Waals surface area contributed by atoms with Gasteiger partial charge in [0.05, 0.1) is 10.8 Å². The summed E-state index contributed by atoms with van der Waals surface area (Å²) in [6, 6.07) is 0. The highest BCUT2D eigenvalue weighted by Gasteiger charge is 2.24. The lowest BCUT2D eigenvalue weighted by Crippen LogP contribution is -2.49. The summed E-state index contributed by atoms with van der Waals surface area (Å²) in [5.74, 6) is 0.161. The van der Waals surface area contributed by atoms with Crippen LogP contribution in [0.3, 0.4) is 0 Å². The third-order valence-corrected chi connectivity index (χ3v) is 5.51. The topological polar surface area (TPSA) is 70.6 Å². The van der Waals surface area contributed by atoms with Crippen molar-refractivity contribution in [2.24, 2.45) is 0 Å². The Morgan fingerprint density at radius 1 is 1.32 bits per heavy atom. The Balaban J connectivity index is 1.84. The summed E-state index contributed by atoms with van der Waals surface area (Å²) in [7, 11) is -2.93. The molecule has 124 valence electrons. The zero-order valence-corrected chi connectivity index (χ0v) is 14.8. The van der Waals surface area contributed by atoms with E-state index in [9.17, 15) is 13.2 Å². The smallest absolute Gasteiger partial charge is 0.273 e. The van der Waals surface area contributed by atoms with Crippen molar-refractivity contribution in [1.82, 2.24) is 14.8 Å². The van der Waals surface area contributed by atoms with E-state index in [1.807, 2.05) is 10.3 Å². The summed E-state index contributed by atoms with van der Waals surface area (Å²) >= 11 is 1.54. The highest BCUT2D eigenvalue weighted by molar-refractivity contribution is 7.90. The SMILES string of the molecule is CCCc1nc(C(=O)N2CCN(CCS(C)(=O)=O)CC2)cs1. The zero-order valence-electron chi connectivity index (χ0n) is 13.1. The Bertz CT molecular complexity index is 605. The van der Waals surface area contributed by atoms with E-state index in [4.69, 9.17) is 0 Å². The molecule has 0 unspecified atom stereocenters. The number of hydrogen-bond acceptors (Lipinski definition) is 6. The molecular weight excluding hydrogens is 322 g/mol. The number of aryl methyl sites for hydroxylation is 1. The van der Waals surface area contributed by atoms with Crippen LogP contribution in [0, 0.1) is 0 Å². The van der Waals surface area contributed by atoms with Crippen molar-refractivity contribution in [3.05, 3.63) is 16.1 Å². The zero-order chi connectivity index (χ0) is 16.2. The highest BCUT2D eigenvalue weighted by atomic mass is 32.2. The predicted molar refractivity (Wildman–Crippen MR) is 88.2 cm³/mol. The third-order valence-electron chi connectivity index (χ3n) is 3.67. The van der Waals surface area contributed by atoms with Crippen LogP contribution in [0.25, 0.3) is 0 Å². The number of nitrogens with zero attached hydrogens (tertiary/aromatic N) is 3. The van der Waals surface area contributed by atoms with Crippen LogP contribution in [0.5, 0.6) is 0 Å². The van der Waals surface area contributed by atoms with E-state index in [-0.39, 0.29) is 11.7 Å². The molecule has 1 aromatic heterocycles. The predicted octanol–water partition coefficient (Wildman–Crippen LogP) is 0.898. The van der Waals surface area contributed by atoms with E-state index in [0.717, 1.165) is 17.8 Å². The Labute approximate surface area is 136 Å². The standard InChI is InChI=1S/C14H23N3O3S2/c1-3-4-13-15-12(11-21-13)14(18)17-7-5-16(6-8-17)9-10-22(2,19)20/h11H,3-10H2,1-2H3. The third kappa shape index (κ3) is 5.03. The summed E-state index contributed by atoms with van der Waals surface area (Å²) in [4.78, 5) is 20.7. The van der Waals surface area contributed by atoms with Crippen LogP contribution < -0.4 is 0 Å². The van der Waals surface area contributed by atoms with Crippen molar-refractivity contribution >= 4 is 27.1 Å². The normalized spacial score (nSPS) is 16.9. The van der Waals surface area contributed by atoms with E-state index in [0.29, 0.717) is 38.4 Å². The minimum atomic E-state index is -2.93. The van der Waals surface area contributed by atoms with Gasteiger partial charge in [-0.2, -0.15) is 0 Å². The molecular formula is C14H23N3O3S2. The molecule has 0 spiro atoms. The molecule has 0 saturated carbocycles. The molecule has 0 aliphatic carbocycles. The van der Waals surface area contributed by atoms with Gasteiger partial charge in [0.1, 0.15) is 15.5 Å². The molecule has 1 aliphatic heterocycles. The van der Waals surface area contributed by atoms with Gasteiger partial charge in [-0.3, -0.25) is 9.69 Å². The number of aromatic nitrogens is 1. The number of hydrogen-bond donors (Lipinski definition) is 0. The molecule has 2 rings (SSSR count). The maximum atomic E-state index is 12.4. The number of amides is 1. The molecule has 0 N–H and O–H groups in total. The number of thiazole rings is 1. The molecule has 6 nitrogen and oxygen atoms in total. The molecule has 1 aromatic rings. The Hall–Kier alpha value is -0.990. The van der Waals surface area contributed by atoms with Gasteiger partial charge in [0, 0.05) is 44.4 Å². The van der Waals surface area contributed by atoms with E-state index < -0.39 is 9.84 Å². The lowest BCUT2D eigenvalue weighted by Gasteiger charge is -2.34. The van der Waals surface area contributed by atoms with Gasteiger partial charge in [0.25, 0.3) is 5.91 Å². The summed E-state index contributed by atoms with van der Waals surface area (Å²) in [5, 5.41) is 2.85. The minimum Gasteiger partial charge on any atom is -0.335 e. The lowest BCUT2D eigenvalue weighted by atomic mass is 10.3. The Kier molecular flexibility index (Phi) is 5.94. The molecule has 8 heteroatoms. The monoisotopic (exact) mass is 345 g/mol. The number of carbonyl (C=O) groups is 1. The van der Waals surface area contributed by atoms with Gasteiger partial charge in [0.15, 0.2) is 0 Å². The highest BCUT2D eigenvalue weighted by Crippen LogP contribution is 2.14. The van der Waals surface area contributed by atoms with Crippen molar-refractivity contribution in [3.63, 3.8) is 0 Å². The number of sulfone groups is 1. The summed E-state index contributed by atoms with van der Waals surface area (Å²) in [5.41, 5.74) is 0.540. The van der Waals surface area contributed by atoms with Crippen LogP contribution in [-0.4, -0.2) is 73.8 Å². The molecule has 2 heterocycles. The summed E-state index contributed by atoms with van der Waals surface area (Å²) in [6.45, 7) is 5.32. The largest absolute Gasteiger partial charge is 0.335 e. The van der Waals surface area contributed by atoms with Crippen LogP contribution >= 0.6 is 11.3 Å². The average Bonchev–Trinajstić information content (AvgIpc) is 2.93. The minimum absolute atomic E-state index is 0.0126. The Morgan fingerprint density at radius 2 is 2.00 bits per heavy atom. The van der Waals surface area contributed by atoms with Crippen molar-refractivity contribution in [1.29, 1.82) is 0 Å². The first-order valence-corrected chi connectivity index (χ1v) is 10.5. The summed E-state index contributed by atoms with van der Waals surface area (Å²) in [6.07, 6.45) is 3.19. The number of carbonyl (C=O) groups excluding carboxylic acids is 1. The van der Waals surface area contributed by atoms with Gasteiger partial charge in [-0.25, -0.2) is 13.4 Å². The van der Waals surface area contributed by atoms with Crippen molar-refractivity contribution < 1.29 is 13.2 Å². The van der Waals surface area contributed by atoms with Crippen LogP contribution in [0.4, 0.5) is 0 Å². The van der Waals surface area contributed by atoms with Gasteiger partial charge in [0.2, 0.25) is 0 Å². The molecule has 0 aromatic carbocycles. The molecule has 22 heavy (non-hydrogen) atoms. The van der Waals surface area contributed by atoms with E-state index >= 15 is 0 Å². The van der Waals surface area contributed by atoms with Gasteiger partial charge in [-0.15, -0.1) is 11.3 Å². The molecule has 0 radical (unpaired) electrons. The maximum absolute atomic E-state index is 12.4. The second kappa shape index (κ2) is 7.52. The maximum Gasteiger partial charge on any atom is 0.273 e. The fourth-order valence-electron chi connectivity index (χ4n) is 2.37. The van der Waals surface area contributed by atoms with E-state index in [2.05, 4.69) is 16.8 Å². The fourth-order valence-corrected chi connectivity index (χ4v) is 3.83.